The zero-order valence-corrected chi connectivity index (χ0v) is 13.9. The summed E-state index contributed by atoms with van der Waals surface area (Å²) in [6, 6.07) is 0. The number of carbonyl (C=O) groups is 2. The maximum absolute atomic E-state index is 12.9. The highest BCUT2D eigenvalue weighted by molar-refractivity contribution is 6.00. The highest BCUT2D eigenvalue weighted by Gasteiger charge is 2.36. The van der Waals surface area contributed by atoms with E-state index in [-0.39, 0.29) is 11.4 Å². The van der Waals surface area contributed by atoms with E-state index in [2.05, 4.69) is 4.98 Å². The summed E-state index contributed by atoms with van der Waals surface area (Å²) in [6.07, 6.45) is 0. The van der Waals surface area contributed by atoms with Crippen LogP contribution >= 0.6 is 0 Å². The van der Waals surface area contributed by atoms with Crippen LogP contribution in [0.4, 0.5) is 0 Å². The number of hydrogen-bond acceptors (Lipinski definition) is 4. The number of aromatic nitrogens is 1. The van der Waals surface area contributed by atoms with Crippen molar-refractivity contribution in [2.75, 3.05) is 26.4 Å². The Morgan fingerprint density at radius 1 is 1.36 bits per heavy atom. The SMILES string of the molecule is CCOC(=O)c1c(C)[nH]c(C(=O)N2CCOCC2(C)C)c1C. The molecule has 0 atom stereocenters. The first-order chi connectivity index (χ1) is 10.3. The van der Waals surface area contributed by atoms with Gasteiger partial charge in [-0.15, -0.1) is 0 Å². The average Bonchev–Trinajstić information content (AvgIpc) is 2.73. The summed E-state index contributed by atoms with van der Waals surface area (Å²) in [5.74, 6) is -0.501. The van der Waals surface area contributed by atoms with Gasteiger partial charge in [-0.3, -0.25) is 4.79 Å². The first kappa shape index (κ1) is 16.5. The van der Waals surface area contributed by atoms with Crippen LogP contribution in [0.1, 0.15) is 52.9 Å². The summed E-state index contributed by atoms with van der Waals surface area (Å²) in [6.45, 7) is 11.1. The van der Waals surface area contributed by atoms with Crippen LogP contribution in [0.3, 0.4) is 0 Å². The Hall–Kier alpha value is -1.82. The molecule has 0 spiro atoms. The Bertz CT molecular complexity index is 589. The number of nitrogens with zero attached hydrogens (tertiary/aromatic N) is 1. The van der Waals surface area contributed by atoms with Crippen LogP contribution in [0.25, 0.3) is 0 Å². The van der Waals surface area contributed by atoms with Gasteiger partial charge in [0.15, 0.2) is 0 Å². The number of ether oxygens (including phenoxy) is 2. The third-order valence-electron chi connectivity index (χ3n) is 4.02. The Labute approximate surface area is 130 Å². The maximum Gasteiger partial charge on any atom is 0.340 e. The van der Waals surface area contributed by atoms with Crippen molar-refractivity contribution >= 4 is 11.9 Å². The van der Waals surface area contributed by atoms with Crippen LogP contribution < -0.4 is 0 Å². The lowest BCUT2D eigenvalue weighted by Gasteiger charge is -2.42. The Balaban J connectivity index is 2.35. The van der Waals surface area contributed by atoms with E-state index in [1.165, 1.54) is 0 Å². The van der Waals surface area contributed by atoms with E-state index in [9.17, 15) is 9.59 Å². The van der Waals surface area contributed by atoms with E-state index in [1.807, 2.05) is 13.8 Å². The number of morpholine rings is 1. The van der Waals surface area contributed by atoms with E-state index in [0.717, 1.165) is 0 Å². The molecule has 0 aliphatic carbocycles. The number of amides is 1. The molecular formula is C16H24N2O4. The third-order valence-corrected chi connectivity index (χ3v) is 4.02. The van der Waals surface area contributed by atoms with Gasteiger partial charge in [-0.1, -0.05) is 0 Å². The Morgan fingerprint density at radius 3 is 2.64 bits per heavy atom. The second kappa shape index (κ2) is 6.12. The van der Waals surface area contributed by atoms with Crippen LogP contribution in [0.5, 0.6) is 0 Å². The number of esters is 1. The number of nitrogens with one attached hydrogen (secondary N) is 1. The first-order valence-corrected chi connectivity index (χ1v) is 7.55. The molecule has 1 aromatic heterocycles. The minimum atomic E-state index is -0.394. The van der Waals surface area contributed by atoms with Gasteiger partial charge in [0, 0.05) is 12.2 Å². The molecule has 6 nitrogen and oxygen atoms in total. The molecule has 1 aromatic rings. The van der Waals surface area contributed by atoms with Crippen molar-refractivity contribution in [2.45, 2.75) is 40.2 Å². The van der Waals surface area contributed by atoms with Crippen molar-refractivity contribution in [3.63, 3.8) is 0 Å². The van der Waals surface area contributed by atoms with Crippen LogP contribution in [0.15, 0.2) is 0 Å². The molecule has 1 aliphatic heterocycles. The van der Waals surface area contributed by atoms with Crippen molar-refractivity contribution in [3.05, 3.63) is 22.5 Å². The van der Waals surface area contributed by atoms with Crippen LogP contribution in [-0.4, -0.2) is 53.7 Å². The molecule has 0 saturated carbocycles. The molecule has 0 unspecified atom stereocenters. The van der Waals surface area contributed by atoms with E-state index in [1.54, 1.807) is 25.7 Å². The maximum atomic E-state index is 12.9. The molecule has 1 fully saturated rings. The van der Waals surface area contributed by atoms with E-state index >= 15 is 0 Å². The normalized spacial score (nSPS) is 17.4. The highest BCUT2D eigenvalue weighted by atomic mass is 16.5. The fourth-order valence-electron chi connectivity index (χ4n) is 2.84. The van der Waals surface area contributed by atoms with Gasteiger partial charge in [0.2, 0.25) is 0 Å². The summed E-state index contributed by atoms with van der Waals surface area (Å²) in [5, 5.41) is 0. The monoisotopic (exact) mass is 308 g/mol. The van der Waals surface area contributed by atoms with E-state index < -0.39 is 5.97 Å². The second-order valence-electron chi connectivity index (χ2n) is 6.17. The summed E-state index contributed by atoms with van der Waals surface area (Å²) >= 11 is 0. The largest absolute Gasteiger partial charge is 0.462 e. The number of aromatic amines is 1. The van der Waals surface area contributed by atoms with Crippen molar-refractivity contribution in [3.8, 4) is 0 Å². The molecule has 0 radical (unpaired) electrons. The summed E-state index contributed by atoms with van der Waals surface area (Å²) < 4.78 is 10.5. The number of rotatable bonds is 3. The molecule has 2 rings (SSSR count). The quantitative estimate of drug-likeness (QED) is 0.868. The number of carbonyl (C=O) groups excluding carboxylic acids is 2. The molecule has 0 bridgehead atoms. The minimum Gasteiger partial charge on any atom is -0.462 e. The van der Waals surface area contributed by atoms with Crippen molar-refractivity contribution < 1.29 is 19.1 Å². The summed E-state index contributed by atoms with van der Waals surface area (Å²) in [4.78, 5) is 29.8. The van der Waals surface area contributed by atoms with Gasteiger partial charge >= 0.3 is 5.97 Å². The number of H-pyrrole nitrogens is 1. The van der Waals surface area contributed by atoms with Gasteiger partial charge in [-0.2, -0.15) is 0 Å². The van der Waals surface area contributed by atoms with Gasteiger partial charge in [0.05, 0.1) is 30.9 Å². The van der Waals surface area contributed by atoms with Crippen LogP contribution in [0.2, 0.25) is 0 Å². The molecule has 22 heavy (non-hydrogen) atoms. The fraction of sp³-hybridized carbons (Fsp3) is 0.625. The molecule has 0 aromatic carbocycles. The van der Waals surface area contributed by atoms with Gasteiger partial charge in [-0.25, -0.2) is 4.79 Å². The lowest BCUT2D eigenvalue weighted by molar-refractivity contribution is -0.0373. The number of hydrogen-bond donors (Lipinski definition) is 1. The smallest absolute Gasteiger partial charge is 0.340 e. The molecule has 2 heterocycles. The summed E-state index contributed by atoms with van der Waals surface area (Å²) in [5.41, 5.74) is 1.84. The zero-order valence-electron chi connectivity index (χ0n) is 13.9. The van der Waals surface area contributed by atoms with Crippen molar-refractivity contribution in [1.82, 2.24) is 9.88 Å². The Morgan fingerprint density at radius 2 is 2.05 bits per heavy atom. The predicted molar refractivity (Wildman–Crippen MR) is 82.2 cm³/mol. The standard InChI is InChI=1S/C16H24N2O4/c1-6-22-15(20)12-10(2)13(17-11(12)3)14(19)18-7-8-21-9-16(18,4)5/h17H,6-9H2,1-5H3. The van der Waals surface area contributed by atoms with Crippen molar-refractivity contribution in [1.29, 1.82) is 0 Å². The fourth-order valence-corrected chi connectivity index (χ4v) is 2.84. The molecule has 1 saturated heterocycles. The van der Waals surface area contributed by atoms with Gasteiger partial charge in [0.25, 0.3) is 5.91 Å². The molecule has 1 N–H and O–H groups in total. The van der Waals surface area contributed by atoms with E-state index in [0.29, 0.717) is 48.9 Å². The zero-order chi connectivity index (χ0) is 16.5. The molecule has 1 aliphatic rings. The second-order valence-corrected chi connectivity index (χ2v) is 6.17. The Kier molecular flexibility index (Phi) is 4.60. The molecular weight excluding hydrogens is 284 g/mol. The summed E-state index contributed by atoms with van der Waals surface area (Å²) in [7, 11) is 0. The van der Waals surface area contributed by atoms with Gasteiger partial charge in [0.1, 0.15) is 5.69 Å². The van der Waals surface area contributed by atoms with Crippen molar-refractivity contribution in [2.24, 2.45) is 0 Å². The average molecular weight is 308 g/mol. The molecule has 6 heteroatoms. The van der Waals surface area contributed by atoms with Crippen LogP contribution in [-0.2, 0) is 9.47 Å². The first-order valence-electron chi connectivity index (χ1n) is 7.55. The lowest BCUT2D eigenvalue weighted by Crippen LogP contribution is -2.55. The molecule has 122 valence electrons. The van der Waals surface area contributed by atoms with E-state index in [4.69, 9.17) is 9.47 Å². The highest BCUT2D eigenvalue weighted by Crippen LogP contribution is 2.25. The van der Waals surface area contributed by atoms with Crippen LogP contribution in [0, 0.1) is 13.8 Å². The molecule has 1 amide bonds. The topological polar surface area (TPSA) is 71.6 Å². The third kappa shape index (κ3) is 2.88. The van der Waals surface area contributed by atoms with Gasteiger partial charge < -0.3 is 19.4 Å². The minimum absolute atomic E-state index is 0.107. The lowest BCUT2D eigenvalue weighted by atomic mass is 10.0. The van der Waals surface area contributed by atoms with Gasteiger partial charge in [-0.05, 0) is 40.2 Å². The number of aryl methyl sites for hydroxylation is 1. The predicted octanol–water partition coefficient (Wildman–Crippen LogP) is 2.06.